The monoisotopic (exact) mass is 226 g/mol. The number of rotatable bonds is 2. The average molecular weight is 226 g/mol. The highest BCUT2D eigenvalue weighted by Gasteiger charge is 2.40. The van der Waals surface area contributed by atoms with Crippen LogP contribution in [0.5, 0.6) is 0 Å². The fourth-order valence-corrected chi connectivity index (χ4v) is 2.55. The molecule has 16 heavy (non-hydrogen) atoms. The fraction of sp³-hybridized carbons (Fsp3) is 0.833. The maximum atomic E-state index is 11.8. The Kier molecular flexibility index (Phi) is 3.40. The molecule has 0 aromatic rings. The smallest absolute Gasteiger partial charge is 0.168 e. The molecule has 1 saturated carbocycles. The number of Topliss-reactive ketones (excluding diaryl/α,β-unsaturated/α-hetero) is 2. The Bertz CT molecular complexity index is 291. The molecule has 1 aliphatic heterocycles. The minimum Gasteiger partial charge on any atom is -0.348 e. The van der Waals surface area contributed by atoms with Crippen LogP contribution < -0.4 is 0 Å². The number of ether oxygens (including phenoxy) is 2. The van der Waals surface area contributed by atoms with Crippen LogP contribution in [-0.2, 0) is 19.1 Å². The summed E-state index contributed by atoms with van der Waals surface area (Å²) in [6.07, 6.45) is 2.92. The van der Waals surface area contributed by atoms with Crippen molar-refractivity contribution in [3.05, 3.63) is 0 Å². The Balaban J connectivity index is 2.00. The topological polar surface area (TPSA) is 52.6 Å². The molecule has 1 saturated heterocycles. The lowest BCUT2D eigenvalue weighted by molar-refractivity contribution is -0.166. The summed E-state index contributed by atoms with van der Waals surface area (Å²) in [7, 11) is 0. The molecule has 2 fully saturated rings. The summed E-state index contributed by atoms with van der Waals surface area (Å²) < 4.78 is 11.2. The number of hydrogen-bond donors (Lipinski definition) is 0. The summed E-state index contributed by atoms with van der Waals surface area (Å²) in [5.74, 6) is -0.375. The van der Waals surface area contributed by atoms with Crippen molar-refractivity contribution in [1.29, 1.82) is 0 Å². The zero-order valence-corrected chi connectivity index (χ0v) is 9.66. The van der Waals surface area contributed by atoms with Gasteiger partial charge in [-0.3, -0.25) is 4.79 Å². The lowest BCUT2D eigenvalue weighted by Gasteiger charge is -2.25. The van der Waals surface area contributed by atoms with Crippen LogP contribution in [0.3, 0.4) is 0 Å². The highest BCUT2D eigenvalue weighted by Crippen LogP contribution is 2.36. The summed E-state index contributed by atoms with van der Waals surface area (Å²) in [5.41, 5.74) is 0. The molecule has 1 spiro atoms. The predicted molar refractivity (Wildman–Crippen MR) is 56.9 cm³/mol. The SMILES string of the molecule is CC(=O)CC1CCC2(CCC1=O)OCCO2. The van der Waals surface area contributed by atoms with E-state index in [4.69, 9.17) is 9.47 Å². The van der Waals surface area contributed by atoms with Gasteiger partial charge in [-0.1, -0.05) is 0 Å². The molecule has 4 heteroatoms. The van der Waals surface area contributed by atoms with E-state index in [2.05, 4.69) is 0 Å². The van der Waals surface area contributed by atoms with E-state index < -0.39 is 5.79 Å². The van der Waals surface area contributed by atoms with Gasteiger partial charge in [0.1, 0.15) is 11.6 Å². The molecule has 1 unspecified atom stereocenters. The van der Waals surface area contributed by atoms with Crippen LogP contribution in [0.15, 0.2) is 0 Å². The quantitative estimate of drug-likeness (QED) is 0.715. The van der Waals surface area contributed by atoms with Gasteiger partial charge in [0.15, 0.2) is 5.79 Å². The number of hydrogen-bond acceptors (Lipinski definition) is 4. The second-order valence-electron chi connectivity index (χ2n) is 4.72. The van der Waals surface area contributed by atoms with Crippen molar-refractivity contribution in [2.75, 3.05) is 13.2 Å². The van der Waals surface area contributed by atoms with Crippen LogP contribution in [-0.4, -0.2) is 30.6 Å². The van der Waals surface area contributed by atoms with Crippen molar-refractivity contribution < 1.29 is 19.1 Å². The normalized spacial score (nSPS) is 29.3. The van der Waals surface area contributed by atoms with Gasteiger partial charge in [0.05, 0.1) is 13.2 Å². The van der Waals surface area contributed by atoms with Gasteiger partial charge in [-0.15, -0.1) is 0 Å². The fourth-order valence-electron chi connectivity index (χ4n) is 2.55. The first kappa shape index (κ1) is 11.7. The van der Waals surface area contributed by atoms with Crippen molar-refractivity contribution in [3.63, 3.8) is 0 Å². The highest BCUT2D eigenvalue weighted by molar-refractivity contribution is 5.87. The van der Waals surface area contributed by atoms with E-state index in [1.165, 1.54) is 6.92 Å². The lowest BCUT2D eigenvalue weighted by Crippen LogP contribution is -2.29. The van der Waals surface area contributed by atoms with E-state index >= 15 is 0 Å². The molecule has 90 valence electrons. The summed E-state index contributed by atoms with van der Waals surface area (Å²) in [6, 6.07) is 0. The van der Waals surface area contributed by atoms with Gasteiger partial charge in [-0.2, -0.15) is 0 Å². The molecule has 2 rings (SSSR count). The highest BCUT2D eigenvalue weighted by atomic mass is 16.7. The maximum absolute atomic E-state index is 11.8. The minimum absolute atomic E-state index is 0.0857. The number of ketones is 2. The summed E-state index contributed by atoms with van der Waals surface area (Å²) in [5, 5.41) is 0. The van der Waals surface area contributed by atoms with E-state index in [0.717, 1.165) is 6.42 Å². The zero-order valence-electron chi connectivity index (χ0n) is 9.66. The Morgan fingerprint density at radius 2 is 2.06 bits per heavy atom. The van der Waals surface area contributed by atoms with Gasteiger partial charge in [-0.05, 0) is 13.3 Å². The van der Waals surface area contributed by atoms with Crippen LogP contribution in [0.25, 0.3) is 0 Å². The van der Waals surface area contributed by atoms with E-state index in [0.29, 0.717) is 38.9 Å². The second kappa shape index (κ2) is 4.63. The molecule has 1 atom stereocenters. The van der Waals surface area contributed by atoms with Crippen LogP contribution in [0.2, 0.25) is 0 Å². The van der Waals surface area contributed by atoms with Gasteiger partial charge in [0.2, 0.25) is 0 Å². The Labute approximate surface area is 95.3 Å². The molecule has 0 N–H and O–H groups in total. The second-order valence-corrected chi connectivity index (χ2v) is 4.72. The first-order chi connectivity index (χ1) is 7.61. The summed E-state index contributed by atoms with van der Waals surface area (Å²) in [4.78, 5) is 22.9. The van der Waals surface area contributed by atoms with Gasteiger partial charge >= 0.3 is 0 Å². The van der Waals surface area contributed by atoms with Crippen molar-refractivity contribution in [3.8, 4) is 0 Å². The van der Waals surface area contributed by atoms with Crippen LogP contribution in [0, 0.1) is 5.92 Å². The molecule has 4 nitrogen and oxygen atoms in total. The third-order valence-corrected chi connectivity index (χ3v) is 3.43. The van der Waals surface area contributed by atoms with Crippen molar-refractivity contribution in [2.24, 2.45) is 5.92 Å². The van der Waals surface area contributed by atoms with Gasteiger partial charge in [0.25, 0.3) is 0 Å². The summed E-state index contributed by atoms with van der Waals surface area (Å²) >= 11 is 0. The van der Waals surface area contributed by atoms with Crippen molar-refractivity contribution in [1.82, 2.24) is 0 Å². The molecule has 1 heterocycles. The van der Waals surface area contributed by atoms with E-state index in [1.807, 2.05) is 0 Å². The van der Waals surface area contributed by atoms with Crippen LogP contribution in [0.1, 0.15) is 39.0 Å². The first-order valence-corrected chi connectivity index (χ1v) is 5.91. The standard InChI is InChI=1S/C12H18O4/c1-9(13)8-10-2-4-12(5-3-11(10)14)15-6-7-16-12/h10H,2-8H2,1H3. The predicted octanol–water partition coefficient (Wildman–Crippen LogP) is 1.47. The van der Waals surface area contributed by atoms with Gasteiger partial charge < -0.3 is 14.3 Å². The molecule has 0 aromatic carbocycles. The summed E-state index contributed by atoms with van der Waals surface area (Å²) in [6.45, 7) is 2.77. The molecule has 2 aliphatic rings. The number of carbonyl (C=O) groups is 2. The molecule has 0 bridgehead atoms. The Morgan fingerprint density at radius 3 is 2.69 bits per heavy atom. The molecular formula is C12H18O4. The van der Waals surface area contributed by atoms with E-state index in [9.17, 15) is 9.59 Å². The van der Waals surface area contributed by atoms with Gasteiger partial charge in [0, 0.05) is 31.6 Å². The minimum atomic E-state index is -0.527. The molecule has 0 radical (unpaired) electrons. The molecular weight excluding hydrogens is 208 g/mol. The molecule has 0 amide bonds. The number of carbonyl (C=O) groups excluding carboxylic acids is 2. The molecule has 0 aromatic heterocycles. The zero-order chi connectivity index (χ0) is 11.6. The lowest BCUT2D eigenvalue weighted by atomic mass is 9.93. The van der Waals surface area contributed by atoms with E-state index in [-0.39, 0.29) is 17.5 Å². The third kappa shape index (κ3) is 2.50. The first-order valence-electron chi connectivity index (χ1n) is 5.91. The van der Waals surface area contributed by atoms with Crippen LogP contribution in [0.4, 0.5) is 0 Å². The third-order valence-electron chi connectivity index (χ3n) is 3.43. The largest absolute Gasteiger partial charge is 0.348 e. The van der Waals surface area contributed by atoms with Crippen molar-refractivity contribution in [2.45, 2.75) is 44.8 Å². The van der Waals surface area contributed by atoms with Gasteiger partial charge in [-0.25, -0.2) is 0 Å². The van der Waals surface area contributed by atoms with Crippen molar-refractivity contribution >= 4 is 11.6 Å². The van der Waals surface area contributed by atoms with Crippen LogP contribution >= 0.6 is 0 Å². The molecule has 1 aliphatic carbocycles. The van der Waals surface area contributed by atoms with E-state index in [1.54, 1.807) is 0 Å². The Morgan fingerprint density at radius 1 is 1.38 bits per heavy atom. The average Bonchev–Trinajstić information content (AvgIpc) is 2.64. The maximum Gasteiger partial charge on any atom is 0.168 e. The Hall–Kier alpha value is -0.740.